The van der Waals surface area contributed by atoms with Gasteiger partial charge in [0.15, 0.2) is 11.6 Å². The van der Waals surface area contributed by atoms with Crippen LogP contribution in [0.1, 0.15) is 105 Å². The van der Waals surface area contributed by atoms with Gasteiger partial charge in [-0.1, -0.05) is 74.5 Å². The number of alkyl carbamates (subject to hydrolysis) is 2. The van der Waals surface area contributed by atoms with Crippen LogP contribution in [-0.2, 0) is 51.0 Å². The number of amides is 4. The number of esters is 1. The van der Waals surface area contributed by atoms with Gasteiger partial charge in [0.25, 0.3) is 0 Å². The van der Waals surface area contributed by atoms with Crippen LogP contribution in [0.25, 0.3) is 0 Å². The van der Waals surface area contributed by atoms with Gasteiger partial charge in [-0.25, -0.2) is 14.4 Å². The number of piperidine rings is 1. The SMILES string of the molecule is COC(=O)C1(NC(=O)OC(C)(C)C)CCN(C(=O)[C@@H](CCCCNC(=O)OC(C)(C)C)NC(=O)[C@H](CC(C)C)C(=O)[C@@H](Cc2ccccc2)C(=O)[C@H](N)Cc2ccccc2)CC1. The first kappa shape index (κ1) is 51.0. The van der Waals surface area contributed by atoms with Crippen LogP contribution in [-0.4, -0.2) is 102 Å². The molecule has 62 heavy (non-hydrogen) atoms. The molecule has 1 aliphatic heterocycles. The fourth-order valence-electron chi connectivity index (χ4n) is 7.40. The van der Waals surface area contributed by atoms with Gasteiger partial charge in [-0.2, -0.15) is 0 Å². The molecule has 15 nitrogen and oxygen atoms in total. The van der Waals surface area contributed by atoms with Crippen molar-refractivity contribution in [3.8, 4) is 0 Å². The zero-order valence-corrected chi connectivity index (χ0v) is 38.0. The lowest BCUT2D eigenvalue weighted by Crippen LogP contribution is -2.63. The second kappa shape index (κ2) is 23.2. The highest BCUT2D eigenvalue weighted by Gasteiger charge is 2.47. The fraction of sp³-hybridized carbons (Fsp3) is 0.596. The van der Waals surface area contributed by atoms with Gasteiger partial charge in [0.05, 0.1) is 25.0 Å². The van der Waals surface area contributed by atoms with E-state index in [4.69, 9.17) is 19.9 Å². The van der Waals surface area contributed by atoms with E-state index < -0.39 is 82.2 Å². The van der Waals surface area contributed by atoms with Crippen LogP contribution in [0, 0.1) is 17.8 Å². The normalized spacial score (nSPS) is 15.9. The predicted octanol–water partition coefficient (Wildman–Crippen LogP) is 5.45. The minimum atomic E-state index is -1.46. The van der Waals surface area contributed by atoms with Gasteiger partial charge in [-0.3, -0.25) is 19.2 Å². The maximum Gasteiger partial charge on any atom is 0.408 e. The maximum atomic E-state index is 14.7. The van der Waals surface area contributed by atoms with Crippen molar-refractivity contribution in [2.75, 3.05) is 26.7 Å². The van der Waals surface area contributed by atoms with Crippen LogP contribution in [0.15, 0.2) is 60.7 Å². The molecule has 1 aliphatic rings. The van der Waals surface area contributed by atoms with Gasteiger partial charge in [-0.05, 0) is 110 Å². The van der Waals surface area contributed by atoms with Crippen LogP contribution in [0.3, 0.4) is 0 Å². The summed E-state index contributed by atoms with van der Waals surface area (Å²) in [5.74, 6) is -5.53. The molecule has 0 saturated carbocycles. The van der Waals surface area contributed by atoms with E-state index in [-0.39, 0.29) is 64.1 Å². The Morgan fingerprint density at radius 2 is 1.27 bits per heavy atom. The Morgan fingerprint density at radius 1 is 0.742 bits per heavy atom. The number of methoxy groups -OCH3 is 1. The second-order valence-corrected chi connectivity index (χ2v) is 18.5. The molecule has 2 aromatic carbocycles. The maximum absolute atomic E-state index is 14.7. The molecule has 4 amide bonds. The number of unbranched alkanes of at least 4 members (excludes halogenated alkanes) is 1. The summed E-state index contributed by atoms with van der Waals surface area (Å²) in [5, 5.41) is 8.26. The summed E-state index contributed by atoms with van der Waals surface area (Å²) in [4.78, 5) is 97.5. The van der Waals surface area contributed by atoms with Crippen LogP contribution >= 0.6 is 0 Å². The minimum absolute atomic E-state index is 0.00606. The first-order chi connectivity index (χ1) is 29.0. The number of Topliss-reactive ketones (excluding diaryl/α,β-unsaturated/α-hetero) is 2. The van der Waals surface area contributed by atoms with Gasteiger partial charge < -0.3 is 40.8 Å². The molecule has 0 aliphatic carbocycles. The van der Waals surface area contributed by atoms with E-state index in [0.717, 1.165) is 11.1 Å². The third-order valence-corrected chi connectivity index (χ3v) is 10.4. The Kier molecular flexibility index (Phi) is 19.1. The Hall–Kier alpha value is -5.31. The number of ketones is 2. The van der Waals surface area contributed by atoms with Crippen molar-refractivity contribution in [3.63, 3.8) is 0 Å². The zero-order chi connectivity index (χ0) is 46.3. The number of carbonyl (C=O) groups excluding carboxylic acids is 7. The predicted molar refractivity (Wildman–Crippen MR) is 235 cm³/mol. The second-order valence-electron chi connectivity index (χ2n) is 18.5. The monoisotopic (exact) mass is 864 g/mol. The summed E-state index contributed by atoms with van der Waals surface area (Å²) in [5.41, 5.74) is 5.10. The number of rotatable bonds is 20. The lowest BCUT2D eigenvalue weighted by Gasteiger charge is -2.41. The minimum Gasteiger partial charge on any atom is -0.467 e. The largest absolute Gasteiger partial charge is 0.467 e. The number of hydrogen-bond donors (Lipinski definition) is 4. The van der Waals surface area contributed by atoms with Crippen molar-refractivity contribution < 1.29 is 47.8 Å². The van der Waals surface area contributed by atoms with Gasteiger partial charge in [0.2, 0.25) is 11.8 Å². The summed E-state index contributed by atoms with van der Waals surface area (Å²) in [6.45, 7) is 14.4. The number of nitrogens with zero attached hydrogens (tertiary/aromatic N) is 1. The molecule has 15 heteroatoms. The number of nitrogens with two attached hydrogens (primary N) is 1. The van der Waals surface area contributed by atoms with Crippen LogP contribution < -0.4 is 21.7 Å². The highest BCUT2D eigenvalue weighted by Crippen LogP contribution is 2.27. The van der Waals surface area contributed by atoms with E-state index in [0.29, 0.717) is 12.8 Å². The molecule has 3 rings (SSSR count). The topological polar surface area (TPSA) is 213 Å². The first-order valence-electron chi connectivity index (χ1n) is 21.6. The number of benzene rings is 2. The van der Waals surface area contributed by atoms with E-state index in [9.17, 15) is 33.6 Å². The van der Waals surface area contributed by atoms with Gasteiger partial charge >= 0.3 is 18.2 Å². The Balaban J connectivity index is 1.90. The van der Waals surface area contributed by atoms with Crippen molar-refractivity contribution in [3.05, 3.63) is 71.8 Å². The molecule has 1 fully saturated rings. The van der Waals surface area contributed by atoms with Crippen LogP contribution in [0.4, 0.5) is 9.59 Å². The van der Waals surface area contributed by atoms with Crippen LogP contribution in [0.2, 0.25) is 0 Å². The van der Waals surface area contributed by atoms with Crippen molar-refractivity contribution in [2.45, 2.75) is 136 Å². The zero-order valence-electron chi connectivity index (χ0n) is 38.0. The summed E-state index contributed by atoms with van der Waals surface area (Å²) < 4.78 is 15.8. The van der Waals surface area contributed by atoms with Gasteiger partial charge in [0.1, 0.15) is 22.8 Å². The van der Waals surface area contributed by atoms with Crippen molar-refractivity contribution >= 4 is 41.5 Å². The number of hydrogen-bond acceptors (Lipinski definition) is 11. The molecule has 4 atom stereocenters. The van der Waals surface area contributed by atoms with E-state index in [1.807, 2.05) is 74.5 Å². The van der Waals surface area contributed by atoms with Crippen molar-refractivity contribution in [2.24, 2.45) is 23.5 Å². The molecule has 1 saturated heterocycles. The number of nitrogens with one attached hydrogen (secondary N) is 3. The lowest BCUT2D eigenvalue weighted by atomic mass is 9.79. The Bertz CT molecular complexity index is 1820. The average molecular weight is 864 g/mol. The van der Waals surface area contributed by atoms with Gasteiger partial charge in [0, 0.05) is 19.6 Å². The molecule has 0 spiro atoms. The summed E-state index contributed by atoms with van der Waals surface area (Å²) >= 11 is 0. The molecule has 2 aromatic rings. The molecule has 5 N–H and O–H groups in total. The molecule has 0 aromatic heterocycles. The molecule has 1 heterocycles. The first-order valence-corrected chi connectivity index (χ1v) is 21.6. The number of ether oxygens (including phenoxy) is 3. The summed E-state index contributed by atoms with van der Waals surface area (Å²) in [7, 11) is 1.21. The van der Waals surface area contributed by atoms with E-state index in [2.05, 4.69) is 16.0 Å². The standard InChI is InChI=1S/C47H69N5O10/c1-31(2)28-35(38(53)34(29-32-18-12-10-13-19-32)39(54)36(48)30-33-20-14-11-15-21-33)40(55)50-37(22-16-17-25-49-43(58)61-45(3,4)5)41(56)52-26-23-47(24-27-52,42(57)60-9)51-44(59)62-46(6,7)8/h10-15,18-21,31,34-37H,16-17,22-30,48H2,1-9H3,(H,49,58)(H,50,55)(H,51,59)/t34-,35-,36-,37-/m1/s1. The van der Waals surface area contributed by atoms with Crippen LogP contribution in [0.5, 0.6) is 0 Å². The average Bonchev–Trinajstić information content (AvgIpc) is 3.19. The third kappa shape index (κ3) is 16.5. The quantitative estimate of drug-likeness (QED) is 0.0569. The summed E-state index contributed by atoms with van der Waals surface area (Å²) in [6.07, 6.45) is -0.0474. The van der Waals surface area contributed by atoms with E-state index in [1.54, 1.807) is 41.5 Å². The highest BCUT2D eigenvalue weighted by molar-refractivity contribution is 6.13. The molecule has 342 valence electrons. The number of likely N-dealkylation sites (tertiary alicyclic amines) is 1. The summed E-state index contributed by atoms with van der Waals surface area (Å²) in [6, 6.07) is 16.2. The highest BCUT2D eigenvalue weighted by atomic mass is 16.6. The molecule has 0 unspecified atom stereocenters. The van der Waals surface area contributed by atoms with E-state index in [1.165, 1.54) is 12.0 Å². The smallest absolute Gasteiger partial charge is 0.408 e. The van der Waals surface area contributed by atoms with E-state index >= 15 is 0 Å². The molecular weight excluding hydrogens is 795 g/mol. The molecule has 0 radical (unpaired) electrons. The van der Waals surface area contributed by atoms with Gasteiger partial charge in [-0.15, -0.1) is 0 Å². The Morgan fingerprint density at radius 3 is 1.79 bits per heavy atom. The van der Waals surface area contributed by atoms with Crippen molar-refractivity contribution in [1.29, 1.82) is 0 Å². The molecular formula is C47H69N5O10. The lowest BCUT2D eigenvalue weighted by molar-refractivity contribution is -0.153. The Labute approximate surface area is 366 Å². The third-order valence-electron chi connectivity index (χ3n) is 10.4. The fourth-order valence-corrected chi connectivity index (χ4v) is 7.40. The van der Waals surface area contributed by atoms with Crippen molar-refractivity contribution in [1.82, 2.24) is 20.9 Å². The number of carbonyl (C=O) groups is 7. The molecule has 0 bridgehead atoms.